The van der Waals surface area contributed by atoms with E-state index in [4.69, 9.17) is 9.84 Å². The van der Waals surface area contributed by atoms with E-state index in [2.05, 4.69) is 22.3 Å². The average Bonchev–Trinajstić information content (AvgIpc) is 2.70. The summed E-state index contributed by atoms with van der Waals surface area (Å²) in [7, 11) is 1.70. The van der Waals surface area contributed by atoms with Gasteiger partial charge in [-0.3, -0.25) is 9.69 Å². The SMILES string of the molecule is COc1ccc(C(CNC2CCC(C(=O)O)CC2)N2CCCCC2)cc1. The van der Waals surface area contributed by atoms with Crippen LogP contribution in [0.15, 0.2) is 24.3 Å². The van der Waals surface area contributed by atoms with Gasteiger partial charge < -0.3 is 15.2 Å². The number of benzene rings is 1. The quantitative estimate of drug-likeness (QED) is 0.780. The minimum Gasteiger partial charge on any atom is -0.497 e. The largest absolute Gasteiger partial charge is 0.497 e. The molecule has 0 aromatic heterocycles. The number of carboxylic acids is 1. The number of methoxy groups -OCH3 is 1. The van der Waals surface area contributed by atoms with Gasteiger partial charge in [0.2, 0.25) is 0 Å². The van der Waals surface area contributed by atoms with Crippen LogP contribution in [-0.2, 0) is 4.79 Å². The molecule has 1 atom stereocenters. The second-order valence-electron chi connectivity index (χ2n) is 7.68. The van der Waals surface area contributed by atoms with Crippen LogP contribution in [0.1, 0.15) is 56.6 Å². The predicted octanol–water partition coefficient (Wildman–Crippen LogP) is 3.46. The van der Waals surface area contributed by atoms with Gasteiger partial charge in [-0.15, -0.1) is 0 Å². The Hall–Kier alpha value is -1.59. The Kier molecular flexibility index (Phi) is 6.92. The average molecular weight is 360 g/mol. The number of nitrogens with zero attached hydrogens (tertiary/aromatic N) is 1. The smallest absolute Gasteiger partial charge is 0.306 e. The van der Waals surface area contributed by atoms with Crippen molar-refractivity contribution < 1.29 is 14.6 Å². The molecule has 1 aliphatic carbocycles. The van der Waals surface area contributed by atoms with E-state index >= 15 is 0 Å². The number of hydrogen-bond donors (Lipinski definition) is 2. The van der Waals surface area contributed by atoms with Crippen LogP contribution in [0, 0.1) is 5.92 Å². The fraction of sp³-hybridized carbons (Fsp3) is 0.667. The molecule has 5 nitrogen and oxygen atoms in total. The molecule has 1 aliphatic heterocycles. The van der Waals surface area contributed by atoms with Gasteiger partial charge in [-0.05, 0) is 69.3 Å². The fourth-order valence-corrected chi connectivity index (χ4v) is 4.34. The van der Waals surface area contributed by atoms with E-state index in [9.17, 15) is 4.79 Å². The van der Waals surface area contributed by atoms with Crippen LogP contribution >= 0.6 is 0 Å². The van der Waals surface area contributed by atoms with Gasteiger partial charge in [0.25, 0.3) is 0 Å². The van der Waals surface area contributed by atoms with E-state index in [0.717, 1.165) is 51.1 Å². The van der Waals surface area contributed by atoms with Crippen molar-refractivity contribution in [3.63, 3.8) is 0 Å². The molecule has 144 valence electrons. The standard InChI is InChI=1S/C21H32N2O3/c1-26-19-11-7-16(8-12-19)20(23-13-3-2-4-14-23)15-22-18-9-5-17(6-10-18)21(24)25/h7-8,11-12,17-18,20,22H,2-6,9-10,13-15H2,1H3,(H,24,25). The van der Waals surface area contributed by atoms with Gasteiger partial charge in [0, 0.05) is 18.6 Å². The van der Waals surface area contributed by atoms with Crippen molar-refractivity contribution in [2.75, 3.05) is 26.7 Å². The number of carbonyl (C=O) groups is 1. The Morgan fingerprint density at radius 3 is 2.38 bits per heavy atom. The Bertz CT molecular complexity index is 561. The van der Waals surface area contributed by atoms with Crippen LogP contribution in [0.3, 0.4) is 0 Å². The summed E-state index contributed by atoms with van der Waals surface area (Å²) in [5.74, 6) is 0.117. The van der Waals surface area contributed by atoms with Crippen molar-refractivity contribution in [3.05, 3.63) is 29.8 Å². The molecular weight excluding hydrogens is 328 g/mol. The summed E-state index contributed by atoms with van der Waals surface area (Å²) >= 11 is 0. The van der Waals surface area contributed by atoms with Crippen molar-refractivity contribution in [1.29, 1.82) is 0 Å². The number of rotatable bonds is 7. The summed E-state index contributed by atoms with van der Waals surface area (Å²) in [5.41, 5.74) is 1.33. The van der Waals surface area contributed by atoms with Crippen LogP contribution in [0.2, 0.25) is 0 Å². The number of hydrogen-bond acceptors (Lipinski definition) is 4. The molecule has 0 amide bonds. The number of piperidine rings is 1. The Balaban J connectivity index is 1.61. The first-order valence-corrected chi connectivity index (χ1v) is 10.0. The lowest BCUT2D eigenvalue weighted by Crippen LogP contribution is -2.43. The van der Waals surface area contributed by atoms with Gasteiger partial charge in [0.05, 0.1) is 13.0 Å². The van der Waals surface area contributed by atoms with Crippen LogP contribution in [0.4, 0.5) is 0 Å². The molecule has 1 unspecified atom stereocenters. The molecule has 3 rings (SSSR count). The topological polar surface area (TPSA) is 61.8 Å². The normalized spacial score (nSPS) is 25.6. The van der Waals surface area contributed by atoms with E-state index in [1.165, 1.54) is 24.8 Å². The maximum Gasteiger partial charge on any atom is 0.306 e. The maximum absolute atomic E-state index is 11.1. The van der Waals surface area contributed by atoms with E-state index in [-0.39, 0.29) is 5.92 Å². The van der Waals surface area contributed by atoms with Crippen LogP contribution in [0.5, 0.6) is 5.75 Å². The number of nitrogens with one attached hydrogen (secondary N) is 1. The van der Waals surface area contributed by atoms with Crippen LogP contribution < -0.4 is 10.1 Å². The molecule has 0 radical (unpaired) electrons. The maximum atomic E-state index is 11.1. The summed E-state index contributed by atoms with van der Waals surface area (Å²) in [6.07, 6.45) is 7.40. The number of carboxylic acid groups (broad SMARTS) is 1. The zero-order chi connectivity index (χ0) is 18.4. The molecule has 1 heterocycles. The number of likely N-dealkylation sites (tertiary alicyclic amines) is 1. The second-order valence-corrected chi connectivity index (χ2v) is 7.68. The summed E-state index contributed by atoms with van der Waals surface area (Å²) in [4.78, 5) is 13.7. The van der Waals surface area contributed by atoms with Crippen molar-refractivity contribution in [3.8, 4) is 5.75 Å². The monoisotopic (exact) mass is 360 g/mol. The Morgan fingerprint density at radius 2 is 1.81 bits per heavy atom. The number of aliphatic carboxylic acids is 1. The summed E-state index contributed by atoms with van der Waals surface area (Å²) in [6.45, 7) is 3.24. The molecule has 2 fully saturated rings. The molecule has 0 bridgehead atoms. The first-order valence-electron chi connectivity index (χ1n) is 10.0. The first-order chi connectivity index (χ1) is 12.7. The first kappa shape index (κ1) is 19.2. The minimum absolute atomic E-state index is 0.146. The van der Waals surface area contributed by atoms with Gasteiger partial charge >= 0.3 is 5.97 Å². The fourth-order valence-electron chi connectivity index (χ4n) is 4.34. The van der Waals surface area contributed by atoms with E-state index < -0.39 is 5.97 Å². The molecule has 2 N–H and O–H groups in total. The molecule has 2 aliphatic rings. The zero-order valence-corrected chi connectivity index (χ0v) is 15.8. The molecule has 1 saturated heterocycles. The highest BCUT2D eigenvalue weighted by molar-refractivity contribution is 5.70. The third-order valence-corrected chi connectivity index (χ3v) is 6.01. The highest BCUT2D eigenvalue weighted by Crippen LogP contribution is 2.28. The van der Waals surface area contributed by atoms with Crippen molar-refractivity contribution >= 4 is 5.97 Å². The highest BCUT2D eigenvalue weighted by Gasteiger charge is 2.27. The Labute approximate surface area is 156 Å². The highest BCUT2D eigenvalue weighted by atomic mass is 16.5. The lowest BCUT2D eigenvalue weighted by molar-refractivity contribution is -0.142. The summed E-state index contributed by atoms with van der Waals surface area (Å²) < 4.78 is 5.30. The lowest BCUT2D eigenvalue weighted by atomic mass is 9.86. The lowest BCUT2D eigenvalue weighted by Gasteiger charge is -2.37. The molecule has 1 aromatic rings. The molecular formula is C21H32N2O3. The van der Waals surface area contributed by atoms with E-state index in [0.29, 0.717) is 12.1 Å². The molecule has 1 saturated carbocycles. The summed E-state index contributed by atoms with van der Waals surface area (Å²) in [5, 5.41) is 12.9. The van der Waals surface area contributed by atoms with E-state index in [1.807, 2.05) is 12.1 Å². The molecule has 26 heavy (non-hydrogen) atoms. The molecule has 0 spiro atoms. The van der Waals surface area contributed by atoms with E-state index in [1.54, 1.807) is 7.11 Å². The third kappa shape index (κ3) is 4.98. The minimum atomic E-state index is -0.632. The van der Waals surface area contributed by atoms with Gasteiger partial charge in [-0.1, -0.05) is 18.6 Å². The van der Waals surface area contributed by atoms with Gasteiger partial charge in [0.1, 0.15) is 5.75 Å². The molecule has 5 heteroatoms. The third-order valence-electron chi connectivity index (χ3n) is 6.01. The summed E-state index contributed by atoms with van der Waals surface area (Å²) in [6, 6.07) is 9.27. The van der Waals surface area contributed by atoms with Crippen molar-refractivity contribution in [2.24, 2.45) is 5.92 Å². The van der Waals surface area contributed by atoms with Gasteiger partial charge in [0.15, 0.2) is 0 Å². The predicted molar refractivity (Wildman–Crippen MR) is 103 cm³/mol. The van der Waals surface area contributed by atoms with Crippen LogP contribution in [0.25, 0.3) is 0 Å². The zero-order valence-electron chi connectivity index (χ0n) is 15.8. The Morgan fingerprint density at radius 1 is 1.15 bits per heavy atom. The van der Waals surface area contributed by atoms with Gasteiger partial charge in [-0.2, -0.15) is 0 Å². The second kappa shape index (κ2) is 9.38. The van der Waals surface area contributed by atoms with Gasteiger partial charge in [-0.25, -0.2) is 0 Å². The van der Waals surface area contributed by atoms with Crippen molar-refractivity contribution in [2.45, 2.75) is 57.0 Å². The van der Waals surface area contributed by atoms with Crippen LogP contribution in [-0.4, -0.2) is 48.8 Å². The van der Waals surface area contributed by atoms with Crippen molar-refractivity contribution in [1.82, 2.24) is 10.2 Å². The molecule has 1 aromatic carbocycles. The number of ether oxygens (including phenoxy) is 1.